The van der Waals surface area contributed by atoms with E-state index in [4.69, 9.17) is 0 Å². The summed E-state index contributed by atoms with van der Waals surface area (Å²) in [7, 11) is 0. The van der Waals surface area contributed by atoms with Crippen LogP contribution in [0.2, 0.25) is 0 Å². The molecule has 2 N–H and O–H groups in total. The van der Waals surface area contributed by atoms with E-state index in [1.165, 1.54) is 11.3 Å². The van der Waals surface area contributed by atoms with Gasteiger partial charge < -0.3 is 10.4 Å². The minimum absolute atomic E-state index is 0.163. The summed E-state index contributed by atoms with van der Waals surface area (Å²) >= 11 is 2.99. The Bertz CT molecular complexity index is 549. The van der Waals surface area contributed by atoms with Crippen LogP contribution in [0.15, 0.2) is 16.8 Å². The Balaban J connectivity index is 2.10. The standard InChI is InChI=1S/C13H16N2O2S2/c1-3-10(16)6-14-12(17)11-8(2)15-13(19-11)9-4-5-18-7-9/h4-5,7,10,16H,3,6H2,1-2H3,(H,14,17). The lowest BCUT2D eigenvalue weighted by atomic mass is 10.3. The molecule has 0 fully saturated rings. The van der Waals surface area contributed by atoms with Crippen LogP contribution in [-0.4, -0.2) is 28.6 Å². The smallest absolute Gasteiger partial charge is 0.263 e. The van der Waals surface area contributed by atoms with Crippen LogP contribution >= 0.6 is 22.7 Å². The molecule has 0 aliphatic heterocycles. The molecule has 0 bridgehead atoms. The van der Waals surface area contributed by atoms with E-state index in [0.717, 1.165) is 16.3 Å². The van der Waals surface area contributed by atoms with Crippen LogP contribution in [-0.2, 0) is 0 Å². The van der Waals surface area contributed by atoms with Gasteiger partial charge in [-0.05, 0) is 24.8 Å². The highest BCUT2D eigenvalue weighted by Crippen LogP contribution is 2.29. The van der Waals surface area contributed by atoms with Crippen molar-refractivity contribution in [3.05, 3.63) is 27.4 Å². The molecule has 0 aromatic carbocycles. The number of aromatic nitrogens is 1. The zero-order valence-electron chi connectivity index (χ0n) is 10.8. The summed E-state index contributed by atoms with van der Waals surface area (Å²) in [5.74, 6) is -0.163. The third-order valence-corrected chi connectivity index (χ3v) is 4.63. The third kappa shape index (κ3) is 3.40. The Labute approximate surface area is 120 Å². The van der Waals surface area contributed by atoms with Gasteiger partial charge >= 0.3 is 0 Å². The number of thiazole rings is 1. The number of rotatable bonds is 5. The summed E-state index contributed by atoms with van der Waals surface area (Å²) in [6.45, 7) is 3.99. The summed E-state index contributed by atoms with van der Waals surface area (Å²) in [6, 6.07) is 1.99. The first-order valence-corrected chi connectivity index (χ1v) is 7.84. The molecule has 0 aliphatic rings. The highest BCUT2D eigenvalue weighted by molar-refractivity contribution is 7.17. The molecule has 1 amide bonds. The predicted octanol–water partition coefficient (Wildman–Crippen LogP) is 2.68. The molecule has 0 spiro atoms. The van der Waals surface area contributed by atoms with Gasteiger partial charge in [0, 0.05) is 17.5 Å². The van der Waals surface area contributed by atoms with E-state index in [0.29, 0.717) is 11.3 Å². The molecule has 102 valence electrons. The van der Waals surface area contributed by atoms with E-state index in [-0.39, 0.29) is 12.5 Å². The molecular formula is C13H16N2O2S2. The van der Waals surface area contributed by atoms with Crippen molar-refractivity contribution < 1.29 is 9.90 Å². The number of nitrogens with zero attached hydrogens (tertiary/aromatic N) is 1. The van der Waals surface area contributed by atoms with Gasteiger partial charge in [0.1, 0.15) is 9.88 Å². The fourth-order valence-electron chi connectivity index (χ4n) is 1.55. The van der Waals surface area contributed by atoms with Crippen molar-refractivity contribution in [2.24, 2.45) is 0 Å². The largest absolute Gasteiger partial charge is 0.391 e. The van der Waals surface area contributed by atoms with E-state index in [9.17, 15) is 9.90 Å². The number of aryl methyl sites for hydroxylation is 1. The molecule has 2 aromatic rings. The number of nitrogens with one attached hydrogen (secondary N) is 1. The number of hydrogen-bond donors (Lipinski definition) is 2. The Morgan fingerprint density at radius 2 is 2.37 bits per heavy atom. The predicted molar refractivity (Wildman–Crippen MR) is 78.8 cm³/mol. The van der Waals surface area contributed by atoms with E-state index in [1.807, 2.05) is 30.7 Å². The van der Waals surface area contributed by atoms with Gasteiger partial charge in [0.25, 0.3) is 5.91 Å². The van der Waals surface area contributed by atoms with Crippen LogP contribution < -0.4 is 5.32 Å². The molecule has 0 aliphatic carbocycles. The monoisotopic (exact) mass is 296 g/mol. The van der Waals surface area contributed by atoms with E-state index >= 15 is 0 Å². The Kier molecular flexibility index (Phi) is 4.68. The average Bonchev–Trinajstić information content (AvgIpc) is 3.04. The second kappa shape index (κ2) is 6.27. The van der Waals surface area contributed by atoms with E-state index in [2.05, 4.69) is 10.3 Å². The molecular weight excluding hydrogens is 280 g/mol. The van der Waals surface area contributed by atoms with Crippen LogP contribution in [0.1, 0.15) is 28.7 Å². The second-order valence-electron chi connectivity index (χ2n) is 4.22. The number of carbonyl (C=O) groups is 1. The lowest BCUT2D eigenvalue weighted by Gasteiger charge is -2.08. The first-order chi connectivity index (χ1) is 9.11. The minimum atomic E-state index is -0.492. The third-order valence-electron chi connectivity index (χ3n) is 2.74. The molecule has 0 saturated heterocycles. The van der Waals surface area contributed by atoms with Gasteiger partial charge in [0.05, 0.1) is 11.8 Å². The zero-order valence-corrected chi connectivity index (χ0v) is 12.5. The molecule has 19 heavy (non-hydrogen) atoms. The molecule has 0 radical (unpaired) electrons. The van der Waals surface area contributed by atoms with E-state index in [1.54, 1.807) is 11.3 Å². The van der Waals surface area contributed by atoms with Crippen molar-refractivity contribution in [1.29, 1.82) is 0 Å². The van der Waals surface area contributed by atoms with Crippen molar-refractivity contribution in [3.63, 3.8) is 0 Å². The van der Waals surface area contributed by atoms with Gasteiger partial charge in [-0.2, -0.15) is 11.3 Å². The van der Waals surface area contributed by atoms with Crippen LogP contribution in [0.5, 0.6) is 0 Å². The van der Waals surface area contributed by atoms with Crippen molar-refractivity contribution in [2.75, 3.05) is 6.54 Å². The topological polar surface area (TPSA) is 62.2 Å². The van der Waals surface area contributed by atoms with Gasteiger partial charge in [-0.25, -0.2) is 4.98 Å². The van der Waals surface area contributed by atoms with Crippen LogP contribution in [0, 0.1) is 6.92 Å². The van der Waals surface area contributed by atoms with Crippen molar-refractivity contribution in [2.45, 2.75) is 26.4 Å². The van der Waals surface area contributed by atoms with Crippen LogP contribution in [0.3, 0.4) is 0 Å². The number of aliphatic hydroxyl groups excluding tert-OH is 1. The lowest BCUT2D eigenvalue weighted by molar-refractivity contribution is 0.0917. The number of aliphatic hydroxyl groups is 1. The highest BCUT2D eigenvalue weighted by atomic mass is 32.1. The molecule has 1 atom stereocenters. The molecule has 4 nitrogen and oxygen atoms in total. The lowest BCUT2D eigenvalue weighted by Crippen LogP contribution is -2.31. The Morgan fingerprint density at radius 3 is 3.00 bits per heavy atom. The number of carbonyl (C=O) groups excluding carboxylic acids is 1. The second-order valence-corrected chi connectivity index (χ2v) is 6.00. The van der Waals surface area contributed by atoms with Gasteiger partial charge in [-0.15, -0.1) is 11.3 Å². The molecule has 1 unspecified atom stereocenters. The summed E-state index contributed by atoms with van der Waals surface area (Å²) in [6.07, 6.45) is 0.135. The Hall–Kier alpha value is -1.24. The Morgan fingerprint density at radius 1 is 1.58 bits per heavy atom. The number of thiophene rings is 1. The van der Waals surface area contributed by atoms with Crippen molar-refractivity contribution in [3.8, 4) is 10.6 Å². The van der Waals surface area contributed by atoms with Crippen LogP contribution in [0.25, 0.3) is 10.6 Å². The average molecular weight is 296 g/mol. The zero-order chi connectivity index (χ0) is 13.8. The maximum absolute atomic E-state index is 12.0. The minimum Gasteiger partial charge on any atom is -0.391 e. The quantitative estimate of drug-likeness (QED) is 0.891. The van der Waals surface area contributed by atoms with Crippen molar-refractivity contribution in [1.82, 2.24) is 10.3 Å². The van der Waals surface area contributed by atoms with Crippen LogP contribution in [0.4, 0.5) is 0 Å². The highest BCUT2D eigenvalue weighted by Gasteiger charge is 2.16. The fourth-order valence-corrected chi connectivity index (χ4v) is 3.25. The summed E-state index contributed by atoms with van der Waals surface area (Å²) in [4.78, 5) is 17.1. The summed E-state index contributed by atoms with van der Waals surface area (Å²) < 4.78 is 0. The first kappa shape index (κ1) is 14.2. The number of amides is 1. The normalized spacial score (nSPS) is 12.4. The molecule has 2 heterocycles. The summed E-state index contributed by atoms with van der Waals surface area (Å²) in [5, 5.41) is 17.1. The SMILES string of the molecule is CCC(O)CNC(=O)c1sc(-c2ccsc2)nc1C. The molecule has 6 heteroatoms. The van der Waals surface area contributed by atoms with E-state index < -0.39 is 6.10 Å². The molecule has 2 aromatic heterocycles. The maximum atomic E-state index is 12.0. The van der Waals surface area contributed by atoms with Gasteiger partial charge in [0.2, 0.25) is 0 Å². The molecule has 0 saturated carbocycles. The first-order valence-electron chi connectivity index (χ1n) is 6.08. The number of hydrogen-bond acceptors (Lipinski definition) is 5. The fraction of sp³-hybridized carbons (Fsp3) is 0.385. The van der Waals surface area contributed by atoms with Gasteiger partial charge in [0.15, 0.2) is 0 Å². The van der Waals surface area contributed by atoms with Gasteiger partial charge in [-0.1, -0.05) is 6.92 Å². The summed E-state index contributed by atoms with van der Waals surface area (Å²) in [5.41, 5.74) is 1.78. The maximum Gasteiger partial charge on any atom is 0.263 e. The molecule has 2 rings (SSSR count). The van der Waals surface area contributed by atoms with Crippen molar-refractivity contribution >= 4 is 28.6 Å². The van der Waals surface area contributed by atoms with Gasteiger partial charge in [-0.3, -0.25) is 4.79 Å².